The topological polar surface area (TPSA) is 67.9 Å². The van der Waals surface area contributed by atoms with Gasteiger partial charge in [-0.15, -0.1) is 0 Å². The number of rotatable bonds is 6. The van der Waals surface area contributed by atoms with E-state index in [1.165, 1.54) is 35.8 Å². The number of benzene rings is 1. The fourth-order valence-electron chi connectivity index (χ4n) is 3.60. The molecule has 0 saturated heterocycles. The minimum atomic E-state index is -1.10. The number of ether oxygens (including phenoxy) is 1. The molecule has 1 aromatic carbocycles. The van der Waals surface area contributed by atoms with Crippen LogP contribution >= 0.6 is 11.8 Å². The highest BCUT2D eigenvalue weighted by Gasteiger charge is 2.56. The van der Waals surface area contributed by atoms with Gasteiger partial charge in [-0.3, -0.25) is 4.79 Å². The normalized spacial score (nSPS) is 23.5. The molecule has 0 bridgehead atoms. The summed E-state index contributed by atoms with van der Waals surface area (Å²) < 4.78 is 46.4. The van der Waals surface area contributed by atoms with Crippen LogP contribution in [-0.4, -0.2) is 35.8 Å². The van der Waals surface area contributed by atoms with E-state index in [1.54, 1.807) is 6.07 Å². The zero-order chi connectivity index (χ0) is 21.9. The summed E-state index contributed by atoms with van der Waals surface area (Å²) in [6.07, 6.45) is 3.62. The molecule has 0 unspecified atom stereocenters. The van der Waals surface area contributed by atoms with Gasteiger partial charge >= 0.3 is 0 Å². The molecular weight excluding hydrogens is 415 g/mol. The Morgan fingerprint density at radius 3 is 2.97 bits per heavy atom. The Labute approximate surface area is 177 Å². The molecule has 2 aliphatic heterocycles. The maximum atomic E-state index is 14.5. The highest BCUT2D eigenvalue weighted by molar-refractivity contribution is 8.15. The average molecular weight is 437 g/mol. The number of hydrogen-bond acceptors (Lipinski definition) is 5. The van der Waals surface area contributed by atoms with Crippen LogP contribution in [0.5, 0.6) is 5.75 Å². The third-order valence-corrected chi connectivity index (χ3v) is 6.43. The van der Waals surface area contributed by atoms with Crippen LogP contribution in [0, 0.1) is 11.7 Å². The zero-order valence-corrected chi connectivity index (χ0v) is 17.2. The Morgan fingerprint density at radius 2 is 2.30 bits per heavy atom. The lowest BCUT2D eigenvalue weighted by Gasteiger charge is -2.45. The van der Waals surface area contributed by atoms with Crippen LogP contribution in [0.2, 0.25) is 0 Å². The number of allylic oxidation sites excluding steroid dienone is 4. The molecule has 0 aliphatic carbocycles. The number of nitrogens with zero attached hydrogens (tertiary/aromatic N) is 2. The molecule has 5 nitrogen and oxygen atoms in total. The first kappa shape index (κ1) is 22.2. The SMILES string of the molecule is C=C(/C=C(F)\C=C/CF)C1=NN(C(C)=O)[C@]2(S1)c1cccc(F)c1OC[C@@H]2CCN. The Balaban J connectivity index is 2.09. The number of halogens is 3. The van der Waals surface area contributed by atoms with Crippen molar-refractivity contribution in [3.05, 3.63) is 65.8 Å². The predicted octanol–water partition coefficient (Wildman–Crippen LogP) is 4.18. The fourth-order valence-corrected chi connectivity index (χ4v) is 5.09. The van der Waals surface area contributed by atoms with Crippen molar-refractivity contribution >= 4 is 22.7 Å². The number of nitrogens with two attached hydrogens (primary N) is 1. The van der Waals surface area contributed by atoms with Gasteiger partial charge in [0, 0.05) is 24.0 Å². The Kier molecular flexibility index (Phi) is 6.72. The van der Waals surface area contributed by atoms with E-state index in [-0.39, 0.29) is 29.8 Å². The summed E-state index contributed by atoms with van der Waals surface area (Å²) in [7, 11) is 0. The van der Waals surface area contributed by atoms with Crippen LogP contribution in [-0.2, 0) is 9.67 Å². The first-order valence-electron chi connectivity index (χ1n) is 9.34. The van der Waals surface area contributed by atoms with E-state index in [2.05, 4.69) is 11.7 Å². The monoisotopic (exact) mass is 437 g/mol. The third-order valence-electron chi connectivity index (χ3n) is 4.86. The van der Waals surface area contributed by atoms with E-state index in [4.69, 9.17) is 10.5 Å². The molecule has 2 aliphatic rings. The van der Waals surface area contributed by atoms with Gasteiger partial charge in [-0.05, 0) is 31.2 Å². The number of amides is 1. The molecule has 3 rings (SSSR count). The van der Waals surface area contributed by atoms with Gasteiger partial charge in [0.05, 0.1) is 6.61 Å². The van der Waals surface area contributed by atoms with E-state index in [9.17, 15) is 18.0 Å². The van der Waals surface area contributed by atoms with E-state index in [0.717, 1.165) is 18.2 Å². The standard InChI is InChI=1S/C21H22F3N3O2S/c1-13(11-16(23)5-4-9-22)20-26-27(14(2)28)21(30-20)15(8-10-25)12-29-19-17(21)6-3-7-18(19)24/h3-7,11,15H,1,8-10,12,25H2,2H3/b5-4-,16-11+/t15-,21+/m0/s1. The lowest BCUT2D eigenvalue weighted by atomic mass is 9.86. The number of hydrogen-bond donors (Lipinski definition) is 1. The van der Waals surface area contributed by atoms with E-state index in [0.29, 0.717) is 23.6 Å². The Morgan fingerprint density at radius 1 is 1.53 bits per heavy atom. The van der Waals surface area contributed by atoms with Crippen molar-refractivity contribution in [2.45, 2.75) is 18.2 Å². The molecule has 2 atom stereocenters. The van der Waals surface area contributed by atoms with E-state index >= 15 is 0 Å². The van der Waals surface area contributed by atoms with Gasteiger partial charge in [0.1, 0.15) is 17.5 Å². The summed E-state index contributed by atoms with van der Waals surface area (Å²) in [6.45, 7) is 4.86. The number of thioether (sulfide) groups is 1. The molecule has 0 saturated carbocycles. The molecule has 0 aromatic heterocycles. The summed E-state index contributed by atoms with van der Waals surface area (Å²) >= 11 is 1.19. The van der Waals surface area contributed by atoms with Gasteiger partial charge in [0.25, 0.3) is 0 Å². The largest absolute Gasteiger partial charge is 0.490 e. The molecule has 2 N–H and O–H groups in total. The van der Waals surface area contributed by atoms with Gasteiger partial charge in [-0.25, -0.2) is 18.2 Å². The number of hydrazone groups is 1. The number of alkyl halides is 1. The first-order valence-corrected chi connectivity index (χ1v) is 10.2. The summed E-state index contributed by atoms with van der Waals surface area (Å²) in [5.74, 6) is -1.85. The lowest BCUT2D eigenvalue weighted by molar-refractivity contribution is -0.134. The average Bonchev–Trinajstić information content (AvgIpc) is 3.11. The minimum absolute atomic E-state index is 0.0548. The quantitative estimate of drug-likeness (QED) is 0.678. The summed E-state index contributed by atoms with van der Waals surface area (Å²) in [5.41, 5.74) is 6.46. The first-order chi connectivity index (χ1) is 14.3. The van der Waals surface area contributed by atoms with Crippen LogP contribution in [0.15, 0.2) is 59.5 Å². The van der Waals surface area contributed by atoms with Crippen LogP contribution in [0.4, 0.5) is 13.2 Å². The van der Waals surface area contributed by atoms with Crippen molar-refractivity contribution < 1.29 is 22.7 Å². The van der Waals surface area contributed by atoms with Crippen molar-refractivity contribution in [2.24, 2.45) is 16.8 Å². The maximum Gasteiger partial charge on any atom is 0.241 e. The zero-order valence-electron chi connectivity index (χ0n) is 16.4. The van der Waals surface area contributed by atoms with Crippen LogP contribution < -0.4 is 10.5 Å². The van der Waals surface area contributed by atoms with E-state index in [1.807, 2.05) is 0 Å². The summed E-state index contributed by atoms with van der Waals surface area (Å²) in [6, 6.07) is 4.51. The molecule has 160 valence electrons. The molecule has 0 fully saturated rings. The molecule has 2 heterocycles. The minimum Gasteiger partial charge on any atom is -0.490 e. The van der Waals surface area contributed by atoms with E-state index < -0.39 is 23.2 Å². The summed E-state index contributed by atoms with van der Waals surface area (Å²) in [4.78, 5) is 11.5. The van der Waals surface area contributed by atoms with Crippen LogP contribution in [0.1, 0.15) is 18.9 Å². The van der Waals surface area contributed by atoms with Crippen LogP contribution in [0.3, 0.4) is 0 Å². The second kappa shape index (κ2) is 9.09. The lowest BCUT2D eigenvalue weighted by Crippen LogP contribution is -2.51. The predicted molar refractivity (Wildman–Crippen MR) is 112 cm³/mol. The highest BCUT2D eigenvalue weighted by Crippen LogP contribution is 2.57. The summed E-state index contributed by atoms with van der Waals surface area (Å²) in [5, 5.41) is 5.97. The molecule has 1 aromatic rings. The van der Waals surface area contributed by atoms with Gasteiger partial charge in [-0.1, -0.05) is 36.5 Å². The highest BCUT2D eigenvalue weighted by atomic mass is 32.2. The molecular formula is C21H22F3N3O2S. The van der Waals surface area contributed by atoms with Gasteiger partial charge < -0.3 is 10.5 Å². The Hall–Kier alpha value is -2.52. The smallest absolute Gasteiger partial charge is 0.241 e. The molecule has 1 amide bonds. The van der Waals surface area contributed by atoms with Crippen LogP contribution in [0.25, 0.3) is 0 Å². The fraction of sp³-hybridized carbons (Fsp3) is 0.333. The second-order valence-electron chi connectivity index (χ2n) is 6.85. The van der Waals surface area contributed by atoms with Crippen molar-refractivity contribution in [3.8, 4) is 5.75 Å². The Bertz CT molecular complexity index is 947. The van der Waals surface area contributed by atoms with Gasteiger partial charge in [-0.2, -0.15) is 5.10 Å². The molecule has 0 radical (unpaired) electrons. The molecule has 1 spiro atoms. The van der Waals surface area contributed by atoms with Gasteiger partial charge in [0.2, 0.25) is 5.91 Å². The number of carbonyl (C=O) groups excluding carboxylic acids is 1. The van der Waals surface area contributed by atoms with Crippen molar-refractivity contribution in [1.29, 1.82) is 0 Å². The third kappa shape index (κ3) is 3.91. The van der Waals surface area contributed by atoms with Crippen molar-refractivity contribution in [2.75, 3.05) is 19.8 Å². The van der Waals surface area contributed by atoms with Crippen molar-refractivity contribution in [1.82, 2.24) is 5.01 Å². The molecule has 30 heavy (non-hydrogen) atoms. The maximum absolute atomic E-state index is 14.5. The molecule has 9 heteroatoms. The van der Waals surface area contributed by atoms with Gasteiger partial charge in [0.15, 0.2) is 16.4 Å². The number of carbonyl (C=O) groups is 1. The van der Waals surface area contributed by atoms with Crippen molar-refractivity contribution in [3.63, 3.8) is 0 Å². The number of para-hydroxylation sites is 1. The number of fused-ring (bicyclic) bond motifs is 2. The second-order valence-corrected chi connectivity index (χ2v) is 8.06.